The molecule has 1 aromatic heterocycles. The lowest BCUT2D eigenvalue weighted by Gasteiger charge is -2.17. The maximum Gasteiger partial charge on any atom is 0.139 e. The van der Waals surface area contributed by atoms with Gasteiger partial charge in [0.15, 0.2) is 0 Å². The lowest BCUT2D eigenvalue weighted by Crippen LogP contribution is -2.10. The zero-order chi connectivity index (χ0) is 13.3. The van der Waals surface area contributed by atoms with Gasteiger partial charge in [0.1, 0.15) is 5.76 Å². The first-order valence-corrected chi connectivity index (χ1v) is 6.04. The molecule has 0 aliphatic heterocycles. The van der Waals surface area contributed by atoms with Gasteiger partial charge in [-0.05, 0) is 45.4 Å². The monoisotopic (exact) mass is 245 g/mol. The van der Waals surface area contributed by atoms with Crippen LogP contribution in [0.3, 0.4) is 0 Å². The number of anilines is 2. The molecular formula is C14H19N3O. The highest BCUT2D eigenvalue weighted by atomic mass is 16.5. The van der Waals surface area contributed by atoms with Crippen LogP contribution < -0.4 is 11.1 Å². The Bertz CT molecular complexity index is 541. The summed E-state index contributed by atoms with van der Waals surface area (Å²) in [5, 5.41) is 7.38. The Morgan fingerprint density at radius 3 is 2.61 bits per heavy atom. The molecule has 1 atom stereocenters. The molecule has 1 unspecified atom stereocenters. The smallest absolute Gasteiger partial charge is 0.139 e. The summed E-state index contributed by atoms with van der Waals surface area (Å²) in [4.78, 5) is 0. The van der Waals surface area contributed by atoms with E-state index in [-0.39, 0.29) is 6.04 Å². The maximum absolute atomic E-state index is 5.97. The molecule has 0 bridgehead atoms. The summed E-state index contributed by atoms with van der Waals surface area (Å²) in [5.41, 5.74) is 10.8. The number of nitrogens with two attached hydrogens (primary N) is 1. The van der Waals surface area contributed by atoms with Gasteiger partial charge in [0.05, 0.1) is 23.1 Å². The molecule has 4 heteroatoms. The maximum atomic E-state index is 5.97. The Balaban J connectivity index is 2.26. The second-order valence-electron chi connectivity index (χ2n) is 4.69. The van der Waals surface area contributed by atoms with Crippen LogP contribution in [-0.2, 0) is 0 Å². The van der Waals surface area contributed by atoms with Crippen molar-refractivity contribution in [1.29, 1.82) is 0 Å². The number of nitrogens with one attached hydrogen (secondary N) is 1. The normalized spacial score (nSPS) is 12.4. The summed E-state index contributed by atoms with van der Waals surface area (Å²) in [6.07, 6.45) is 0. The zero-order valence-corrected chi connectivity index (χ0v) is 11.2. The van der Waals surface area contributed by atoms with Crippen molar-refractivity contribution in [3.63, 3.8) is 0 Å². The van der Waals surface area contributed by atoms with Crippen molar-refractivity contribution in [1.82, 2.24) is 5.16 Å². The first-order valence-electron chi connectivity index (χ1n) is 6.04. The molecule has 0 aliphatic carbocycles. The highest BCUT2D eigenvalue weighted by Crippen LogP contribution is 2.28. The number of benzene rings is 1. The van der Waals surface area contributed by atoms with E-state index in [1.807, 2.05) is 39.0 Å². The molecule has 0 amide bonds. The van der Waals surface area contributed by atoms with Crippen LogP contribution in [0.15, 0.2) is 22.7 Å². The topological polar surface area (TPSA) is 64.1 Å². The fourth-order valence-corrected chi connectivity index (χ4v) is 2.21. The van der Waals surface area contributed by atoms with Crippen molar-refractivity contribution in [2.75, 3.05) is 11.1 Å². The summed E-state index contributed by atoms with van der Waals surface area (Å²) in [6.45, 7) is 8.00. The molecule has 0 aliphatic rings. The molecule has 0 fully saturated rings. The summed E-state index contributed by atoms with van der Waals surface area (Å²) >= 11 is 0. The van der Waals surface area contributed by atoms with Crippen LogP contribution >= 0.6 is 0 Å². The van der Waals surface area contributed by atoms with Gasteiger partial charge in [0.25, 0.3) is 0 Å². The molecule has 96 valence electrons. The van der Waals surface area contributed by atoms with Gasteiger partial charge < -0.3 is 15.6 Å². The van der Waals surface area contributed by atoms with Crippen LogP contribution in [0.5, 0.6) is 0 Å². The summed E-state index contributed by atoms with van der Waals surface area (Å²) in [5.74, 6) is 0.846. The fraction of sp³-hybridized carbons (Fsp3) is 0.357. The first-order chi connectivity index (χ1) is 8.49. The van der Waals surface area contributed by atoms with Crippen molar-refractivity contribution in [2.45, 2.75) is 33.7 Å². The van der Waals surface area contributed by atoms with Gasteiger partial charge in [0, 0.05) is 5.56 Å². The average Bonchev–Trinajstić information content (AvgIpc) is 2.63. The predicted octanol–water partition coefficient (Wildman–Crippen LogP) is 3.36. The van der Waals surface area contributed by atoms with Gasteiger partial charge in [-0.2, -0.15) is 0 Å². The minimum Gasteiger partial charge on any atom is -0.397 e. The predicted molar refractivity (Wildman–Crippen MR) is 73.6 cm³/mol. The Morgan fingerprint density at radius 1 is 1.28 bits per heavy atom. The standard InChI is InChI=1S/C14H19N3O/c1-8-5-6-12(15)13(7-8)16-9(2)14-10(3)17-18-11(14)4/h5-7,9,16H,15H2,1-4H3. The van der Waals surface area contributed by atoms with Gasteiger partial charge in [-0.1, -0.05) is 11.2 Å². The summed E-state index contributed by atoms with van der Waals surface area (Å²) in [6, 6.07) is 6.07. The average molecular weight is 245 g/mol. The number of nitrogen functional groups attached to an aromatic ring is 1. The van der Waals surface area contributed by atoms with Gasteiger partial charge in [-0.25, -0.2) is 0 Å². The lowest BCUT2D eigenvalue weighted by atomic mass is 10.1. The third-order valence-corrected chi connectivity index (χ3v) is 3.10. The van der Waals surface area contributed by atoms with Crippen molar-refractivity contribution < 1.29 is 4.52 Å². The van der Waals surface area contributed by atoms with Gasteiger partial charge in [0.2, 0.25) is 0 Å². The highest BCUT2D eigenvalue weighted by molar-refractivity contribution is 5.67. The summed E-state index contributed by atoms with van der Waals surface area (Å²) < 4.78 is 5.19. The molecule has 4 nitrogen and oxygen atoms in total. The number of hydrogen-bond acceptors (Lipinski definition) is 4. The van der Waals surface area contributed by atoms with E-state index < -0.39 is 0 Å². The highest BCUT2D eigenvalue weighted by Gasteiger charge is 2.16. The lowest BCUT2D eigenvalue weighted by molar-refractivity contribution is 0.392. The minimum atomic E-state index is 0.111. The van der Waals surface area contributed by atoms with Gasteiger partial charge >= 0.3 is 0 Å². The van der Waals surface area contributed by atoms with Crippen LogP contribution in [0.1, 0.15) is 35.5 Å². The molecule has 2 rings (SSSR count). The number of aryl methyl sites for hydroxylation is 3. The van der Waals surface area contributed by atoms with Crippen LogP contribution in [-0.4, -0.2) is 5.16 Å². The van der Waals surface area contributed by atoms with E-state index in [4.69, 9.17) is 10.3 Å². The van der Waals surface area contributed by atoms with Crippen LogP contribution in [0.25, 0.3) is 0 Å². The Kier molecular flexibility index (Phi) is 3.28. The first kappa shape index (κ1) is 12.5. The molecule has 0 radical (unpaired) electrons. The fourth-order valence-electron chi connectivity index (χ4n) is 2.21. The van der Waals surface area contributed by atoms with Gasteiger partial charge in [-0.15, -0.1) is 0 Å². The minimum absolute atomic E-state index is 0.111. The van der Waals surface area contributed by atoms with Gasteiger partial charge in [-0.3, -0.25) is 0 Å². The Morgan fingerprint density at radius 2 is 2.00 bits per heavy atom. The van der Waals surface area contributed by atoms with Crippen LogP contribution in [0.2, 0.25) is 0 Å². The largest absolute Gasteiger partial charge is 0.397 e. The van der Waals surface area contributed by atoms with E-state index in [1.165, 1.54) is 5.56 Å². The number of aromatic nitrogens is 1. The quantitative estimate of drug-likeness (QED) is 0.814. The van der Waals surface area contributed by atoms with Crippen LogP contribution in [0.4, 0.5) is 11.4 Å². The Labute approximate surface area is 107 Å². The van der Waals surface area contributed by atoms with E-state index in [2.05, 4.69) is 17.4 Å². The summed E-state index contributed by atoms with van der Waals surface area (Å²) in [7, 11) is 0. The molecule has 0 saturated carbocycles. The number of rotatable bonds is 3. The molecular weight excluding hydrogens is 226 g/mol. The van der Waals surface area contributed by atoms with E-state index in [0.717, 1.165) is 28.4 Å². The SMILES string of the molecule is Cc1ccc(N)c(NC(C)c2c(C)noc2C)c1. The second-order valence-corrected chi connectivity index (χ2v) is 4.69. The molecule has 3 N–H and O–H groups in total. The van der Waals surface area contributed by atoms with Crippen molar-refractivity contribution >= 4 is 11.4 Å². The zero-order valence-electron chi connectivity index (χ0n) is 11.2. The van der Waals surface area contributed by atoms with E-state index in [1.54, 1.807) is 0 Å². The van der Waals surface area contributed by atoms with E-state index in [9.17, 15) is 0 Å². The van der Waals surface area contributed by atoms with Crippen molar-refractivity contribution in [2.24, 2.45) is 0 Å². The molecule has 1 aromatic carbocycles. The van der Waals surface area contributed by atoms with E-state index in [0.29, 0.717) is 0 Å². The van der Waals surface area contributed by atoms with Crippen molar-refractivity contribution in [3.05, 3.63) is 40.8 Å². The molecule has 2 aromatic rings. The number of hydrogen-bond donors (Lipinski definition) is 2. The number of nitrogens with zero attached hydrogens (tertiary/aromatic N) is 1. The molecule has 1 heterocycles. The van der Waals surface area contributed by atoms with E-state index >= 15 is 0 Å². The molecule has 18 heavy (non-hydrogen) atoms. The second kappa shape index (κ2) is 4.72. The molecule has 0 spiro atoms. The van der Waals surface area contributed by atoms with Crippen LogP contribution in [0, 0.1) is 20.8 Å². The third-order valence-electron chi connectivity index (χ3n) is 3.10. The Hall–Kier alpha value is -1.97. The third kappa shape index (κ3) is 2.32. The van der Waals surface area contributed by atoms with Crippen molar-refractivity contribution in [3.8, 4) is 0 Å². The molecule has 0 saturated heterocycles.